The van der Waals surface area contributed by atoms with Gasteiger partial charge in [-0.2, -0.15) is 0 Å². The van der Waals surface area contributed by atoms with Crippen molar-refractivity contribution in [3.05, 3.63) is 0 Å². The highest BCUT2D eigenvalue weighted by Gasteiger charge is 2.34. The van der Waals surface area contributed by atoms with Gasteiger partial charge < -0.3 is 23.7 Å². The van der Waals surface area contributed by atoms with Crippen LogP contribution in [-0.2, 0) is 23.7 Å². The van der Waals surface area contributed by atoms with Crippen LogP contribution in [0.4, 0.5) is 0 Å². The molecule has 0 aromatic carbocycles. The molecule has 2 aliphatic heterocycles. The van der Waals surface area contributed by atoms with Gasteiger partial charge in [-0.05, 0) is 27.7 Å². The van der Waals surface area contributed by atoms with Gasteiger partial charge in [0.05, 0.1) is 26.4 Å². The van der Waals surface area contributed by atoms with E-state index in [4.69, 9.17) is 23.7 Å². The molecule has 5 nitrogen and oxygen atoms in total. The molecule has 2 saturated heterocycles. The molecule has 0 saturated carbocycles. The third-order valence-corrected chi connectivity index (χ3v) is 2.74. The highest BCUT2D eigenvalue weighted by Crippen LogP contribution is 2.24. The van der Waals surface area contributed by atoms with Crippen molar-refractivity contribution in [2.24, 2.45) is 0 Å². The van der Waals surface area contributed by atoms with E-state index < -0.39 is 11.6 Å². The zero-order valence-electron chi connectivity index (χ0n) is 11.0. The van der Waals surface area contributed by atoms with E-state index in [9.17, 15) is 0 Å². The van der Waals surface area contributed by atoms with Crippen molar-refractivity contribution in [2.75, 3.05) is 26.4 Å². The summed E-state index contributed by atoms with van der Waals surface area (Å²) in [6.07, 6.45) is 0.0284. The minimum atomic E-state index is -0.483. The standard InChI is InChI=1S/C12H22O5/c1-11(2)14-7-9(16-11)5-13-6-10-8-15-12(3,4)17-10/h9-10H,5-8H2,1-4H3/t9-,10?/m1/s1. The van der Waals surface area contributed by atoms with Gasteiger partial charge in [0.1, 0.15) is 12.2 Å². The van der Waals surface area contributed by atoms with Gasteiger partial charge in [0.15, 0.2) is 11.6 Å². The monoisotopic (exact) mass is 246 g/mol. The van der Waals surface area contributed by atoms with Crippen molar-refractivity contribution in [3.8, 4) is 0 Å². The van der Waals surface area contributed by atoms with Crippen LogP contribution < -0.4 is 0 Å². The first kappa shape index (κ1) is 13.2. The first-order valence-electron chi connectivity index (χ1n) is 6.08. The summed E-state index contributed by atoms with van der Waals surface area (Å²) in [4.78, 5) is 0. The highest BCUT2D eigenvalue weighted by atomic mass is 16.8. The lowest BCUT2D eigenvalue weighted by molar-refractivity contribution is -0.154. The van der Waals surface area contributed by atoms with Crippen LogP contribution in [-0.4, -0.2) is 50.2 Å². The van der Waals surface area contributed by atoms with Crippen molar-refractivity contribution in [1.82, 2.24) is 0 Å². The molecule has 0 aromatic rings. The van der Waals surface area contributed by atoms with E-state index in [1.54, 1.807) is 0 Å². The topological polar surface area (TPSA) is 46.2 Å². The molecule has 0 radical (unpaired) electrons. The largest absolute Gasteiger partial charge is 0.376 e. The second kappa shape index (κ2) is 4.82. The maximum absolute atomic E-state index is 5.64. The predicted molar refractivity (Wildman–Crippen MR) is 60.6 cm³/mol. The van der Waals surface area contributed by atoms with E-state index in [0.29, 0.717) is 26.4 Å². The molecule has 2 heterocycles. The summed E-state index contributed by atoms with van der Waals surface area (Å²) in [6.45, 7) is 9.86. The van der Waals surface area contributed by atoms with Crippen molar-refractivity contribution in [1.29, 1.82) is 0 Å². The summed E-state index contributed by atoms with van der Waals surface area (Å²) < 4.78 is 27.7. The second-order valence-corrected chi connectivity index (χ2v) is 5.44. The first-order chi connectivity index (χ1) is 7.86. The smallest absolute Gasteiger partial charge is 0.163 e. The van der Waals surface area contributed by atoms with E-state index in [2.05, 4.69) is 0 Å². The zero-order chi connectivity index (χ0) is 12.5. The molecule has 0 aromatic heterocycles. The molecule has 2 aliphatic rings. The molecular formula is C12H22O5. The fourth-order valence-electron chi connectivity index (χ4n) is 2.02. The lowest BCUT2D eigenvalue weighted by atomic mass is 10.4. The number of hydrogen-bond acceptors (Lipinski definition) is 5. The summed E-state index contributed by atoms with van der Waals surface area (Å²) in [6, 6.07) is 0. The minimum Gasteiger partial charge on any atom is -0.376 e. The lowest BCUT2D eigenvalue weighted by Crippen LogP contribution is -2.27. The quantitative estimate of drug-likeness (QED) is 0.748. The molecule has 100 valence electrons. The van der Waals surface area contributed by atoms with E-state index in [1.165, 1.54) is 0 Å². The molecule has 5 heteroatoms. The Kier molecular flexibility index (Phi) is 3.75. The molecule has 0 bridgehead atoms. The van der Waals surface area contributed by atoms with Crippen LogP contribution in [0.15, 0.2) is 0 Å². The Labute approximate surface area is 102 Å². The van der Waals surface area contributed by atoms with Gasteiger partial charge in [-0.3, -0.25) is 0 Å². The fraction of sp³-hybridized carbons (Fsp3) is 1.00. The molecule has 0 aliphatic carbocycles. The molecule has 2 fully saturated rings. The Hall–Kier alpha value is -0.200. The van der Waals surface area contributed by atoms with Crippen molar-refractivity contribution in [3.63, 3.8) is 0 Å². The Bertz CT molecular complexity index is 238. The van der Waals surface area contributed by atoms with Gasteiger partial charge in [0, 0.05) is 0 Å². The first-order valence-corrected chi connectivity index (χ1v) is 6.08. The van der Waals surface area contributed by atoms with Crippen LogP contribution in [0, 0.1) is 0 Å². The normalized spacial score (nSPS) is 35.3. The van der Waals surface area contributed by atoms with E-state index in [1.807, 2.05) is 27.7 Å². The van der Waals surface area contributed by atoms with Crippen molar-refractivity contribution < 1.29 is 23.7 Å². The molecule has 2 atom stereocenters. The average molecular weight is 246 g/mol. The van der Waals surface area contributed by atoms with Crippen LogP contribution in [0.2, 0.25) is 0 Å². The summed E-state index contributed by atoms with van der Waals surface area (Å²) in [7, 11) is 0. The molecule has 0 amide bonds. The molecule has 0 spiro atoms. The summed E-state index contributed by atoms with van der Waals surface area (Å²) >= 11 is 0. The minimum absolute atomic E-state index is 0.0142. The second-order valence-electron chi connectivity index (χ2n) is 5.44. The lowest BCUT2D eigenvalue weighted by Gasteiger charge is -2.18. The van der Waals surface area contributed by atoms with Crippen LogP contribution in [0.3, 0.4) is 0 Å². The molecule has 17 heavy (non-hydrogen) atoms. The number of ether oxygens (including phenoxy) is 5. The van der Waals surface area contributed by atoms with Gasteiger partial charge in [-0.1, -0.05) is 0 Å². The maximum Gasteiger partial charge on any atom is 0.163 e. The van der Waals surface area contributed by atoms with Crippen LogP contribution in [0.1, 0.15) is 27.7 Å². The highest BCUT2D eigenvalue weighted by molar-refractivity contribution is 4.72. The van der Waals surface area contributed by atoms with Gasteiger partial charge >= 0.3 is 0 Å². The Balaban J connectivity index is 1.61. The molecular weight excluding hydrogens is 224 g/mol. The van der Waals surface area contributed by atoms with E-state index in [-0.39, 0.29) is 12.2 Å². The Morgan fingerprint density at radius 1 is 0.882 bits per heavy atom. The molecule has 1 unspecified atom stereocenters. The van der Waals surface area contributed by atoms with Gasteiger partial charge in [0.25, 0.3) is 0 Å². The third-order valence-electron chi connectivity index (χ3n) is 2.74. The van der Waals surface area contributed by atoms with E-state index in [0.717, 1.165) is 0 Å². The molecule has 0 N–H and O–H groups in total. The third kappa shape index (κ3) is 3.89. The van der Waals surface area contributed by atoms with E-state index >= 15 is 0 Å². The summed E-state index contributed by atoms with van der Waals surface area (Å²) in [5.41, 5.74) is 0. The Morgan fingerprint density at radius 2 is 1.29 bits per heavy atom. The predicted octanol–water partition coefficient (Wildman–Crippen LogP) is 1.31. The van der Waals surface area contributed by atoms with Gasteiger partial charge in [0.2, 0.25) is 0 Å². The molecule has 2 rings (SSSR count). The van der Waals surface area contributed by atoms with Crippen LogP contribution >= 0.6 is 0 Å². The fourth-order valence-corrected chi connectivity index (χ4v) is 2.02. The SMILES string of the molecule is CC1(C)OCC(COC[C@@H]2COC(C)(C)O2)O1. The summed E-state index contributed by atoms with van der Waals surface area (Å²) in [5, 5.41) is 0. The maximum atomic E-state index is 5.64. The zero-order valence-corrected chi connectivity index (χ0v) is 11.0. The van der Waals surface area contributed by atoms with Crippen LogP contribution in [0.25, 0.3) is 0 Å². The average Bonchev–Trinajstić information content (AvgIpc) is 2.70. The Morgan fingerprint density at radius 3 is 1.59 bits per heavy atom. The van der Waals surface area contributed by atoms with Crippen LogP contribution in [0.5, 0.6) is 0 Å². The van der Waals surface area contributed by atoms with Crippen molar-refractivity contribution in [2.45, 2.75) is 51.5 Å². The number of hydrogen-bond donors (Lipinski definition) is 0. The van der Waals surface area contributed by atoms with Crippen molar-refractivity contribution >= 4 is 0 Å². The summed E-state index contributed by atoms with van der Waals surface area (Å²) in [5.74, 6) is -0.966. The number of rotatable bonds is 4. The van der Waals surface area contributed by atoms with Gasteiger partial charge in [-0.15, -0.1) is 0 Å². The van der Waals surface area contributed by atoms with Gasteiger partial charge in [-0.25, -0.2) is 0 Å².